The van der Waals surface area contributed by atoms with Crippen molar-refractivity contribution in [2.24, 2.45) is 0 Å². The average Bonchev–Trinajstić information content (AvgIpc) is 2.04. The van der Waals surface area contributed by atoms with Gasteiger partial charge in [-0.2, -0.15) is 0 Å². The molecule has 0 saturated heterocycles. The molecule has 1 aromatic rings. The molecule has 1 aromatic carbocycles. The van der Waals surface area contributed by atoms with Crippen LogP contribution in [0.2, 0.25) is 0 Å². The summed E-state index contributed by atoms with van der Waals surface area (Å²) in [7, 11) is 0. The summed E-state index contributed by atoms with van der Waals surface area (Å²) in [6.45, 7) is 5.22. The van der Waals surface area contributed by atoms with Gasteiger partial charge in [-0.3, -0.25) is 4.79 Å². The Balaban J connectivity index is 3.11. The number of hydrogen-bond donors (Lipinski definition) is 0. The van der Waals surface area contributed by atoms with Crippen molar-refractivity contribution < 1.29 is 4.79 Å². The van der Waals surface area contributed by atoms with Crippen LogP contribution in [0.4, 0.5) is 0 Å². The molecule has 0 unspecified atom stereocenters. The van der Waals surface area contributed by atoms with Crippen LogP contribution >= 0.6 is 15.9 Å². The van der Waals surface area contributed by atoms with Crippen molar-refractivity contribution in [2.45, 2.75) is 6.92 Å². The second-order valence-corrected chi connectivity index (χ2v) is 3.37. The molecule has 0 spiro atoms. The molecule has 0 aliphatic rings. The van der Waals surface area contributed by atoms with Crippen LogP contribution in [-0.2, 0) is 4.79 Å². The van der Waals surface area contributed by atoms with Crippen LogP contribution in [-0.4, -0.2) is 5.78 Å². The van der Waals surface area contributed by atoms with Crippen molar-refractivity contribution in [1.29, 1.82) is 0 Å². The quantitative estimate of drug-likeness (QED) is 0.707. The van der Waals surface area contributed by atoms with Crippen molar-refractivity contribution in [3.63, 3.8) is 0 Å². The van der Waals surface area contributed by atoms with E-state index in [1.54, 1.807) is 0 Å². The third-order valence-corrected chi connectivity index (χ3v) is 2.32. The highest BCUT2D eigenvalue weighted by molar-refractivity contribution is 9.10. The van der Waals surface area contributed by atoms with E-state index >= 15 is 0 Å². The molecule has 0 N–H and O–H groups in total. The molecule has 1 nitrogen and oxygen atoms in total. The van der Waals surface area contributed by atoms with Crippen molar-refractivity contribution in [3.05, 3.63) is 40.9 Å². The van der Waals surface area contributed by atoms with Crippen LogP contribution in [0, 0.1) is 0 Å². The number of Topliss-reactive ketones (excluding diaryl/α,β-unsaturated/α-hetero) is 1. The summed E-state index contributed by atoms with van der Waals surface area (Å²) in [6, 6.07) is 7.55. The Morgan fingerprint density at radius 3 is 2.50 bits per heavy atom. The highest BCUT2D eigenvalue weighted by atomic mass is 79.9. The van der Waals surface area contributed by atoms with Gasteiger partial charge in [-0.1, -0.05) is 40.7 Å². The summed E-state index contributed by atoms with van der Waals surface area (Å²) in [4.78, 5) is 11.0. The van der Waals surface area contributed by atoms with Gasteiger partial charge in [0.2, 0.25) is 0 Å². The lowest BCUT2D eigenvalue weighted by Gasteiger charge is -2.03. The first-order valence-corrected chi connectivity index (χ1v) is 4.37. The van der Waals surface area contributed by atoms with Crippen LogP contribution in [0.5, 0.6) is 0 Å². The van der Waals surface area contributed by atoms with Crippen LogP contribution in [0.25, 0.3) is 5.57 Å². The number of allylic oxidation sites excluding steroid dienone is 1. The topological polar surface area (TPSA) is 17.1 Å². The van der Waals surface area contributed by atoms with Gasteiger partial charge in [0.25, 0.3) is 0 Å². The van der Waals surface area contributed by atoms with Crippen molar-refractivity contribution in [2.75, 3.05) is 0 Å². The van der Waals surface area contributed by atoms with E-state index in [2.05, 4.69) is 22.5 Å². The van der Waals surface area contributed by atoms with Crippen molar-refractivity contribution in [1.82, 2.24) is 0 Å². The molecule has 1 rings (SSSR count). The second-order valence-electron chi connectivity index (χ2n) is 2.51. The number of carbonyl (C=O) groups is 1. The summed E-state index contributed by atoms with van der Waals surface area (Å²) in [5, 5.41) is 0. The summed E-state index contributed by atoms with van der Waals surface area (Å²) in [5.74, 6) is 0.00176. The average molecular weight is 225 g/mol. The molecule has 0 bridgehead atoms. The maximum absolute atomic E-state index is 11.0. The molecule has 0 aromatic heterocycles. The minimum absolute atomic E-state index is 0.00176. The van der Waals surface area contributed by atoms with Gasteiger partial charge in [0, 0.05) is 10.0 Å². The maximum Gasteiger partial charge on any atom is 0.159 e. The Kier molecular flexibility index (Phi) is 2.82. The van der Waals surface area contributed by atoms with Gasteiger partial charge < -0.3 is 0 Å². The Labute approximate surface area is 80.2 Å². The number of hydrogen-bond acceptors (Lipinski definition) is 1. The van der Waals surface area contributed by atoms with E-state index in [1.165, 1.54) is 6.92 Å². The van der Waals surface area contributed by atoms with E-state index in [0.29, 0.717) is 5.57 Å². The molecule has 0 saturated carbocycles. The zero-order valence-electron chi connectivity index (χ0n) is 6.80. The first-order chi connectivity index (χ1) is 5.63. The molecule has 0 atom stereocenters. The fourth-order valence-electron chi connectivity index (χ4n) is 0.896. The maximum atomic E-state index is 11.0. The molecule has 0 aliphatic carbocycles. The predicted molar refractivity (Wildman–Crippen MR) is 53.9 cm³/mol. The summed E-state index contributed by atoms with van der Waals surface area (Å²) < 4.78 is 0.908. The SMILES string of the molecule is C=C(C(C)=O)c1ccccc1Br. The second kappa shape index (κ2) is 3.68. The van der Waals surface area contributed by atoms with Crippen molar-refractivity contribution >= 4 is 27.3 Å². The van der Waals surface area contributed by atoms with Crippen LogP contribution in [0.3, 0.4) is 0 Å². The Hall–Kier alpha value is -0.890. The van der Waals surface area contributed by atoms with E-state index in [1.807, 2.05) is 24.3 Å². The Morgan fingerprint density at radius 1 is 1.42 bits per heavy atom. The van der Waals surface area contributed by atoms with Gasteiger partial charge in [-0.05, 0) is 18.6 Å². The highest BCUT2D eigenvalue weighted by Gasteiger charge is 2.06. The smallest absolute Gasteiger partial charge is 0.159 e. The van der Waals surface area contributed by atoms with Gasteiger partial charge in [0.15, 0.2) is 5.78 Å². The zero-order chi connectivity index (χ0) is 9.14. The highest BCUT2D eigenvalue weighted by Crippen LogP contribution is 2.22. The lowest BCUT2D eigenvalue weighted by Crippen LogP contribution is -1.94. The monoisotopic (exact) mass is 224 g/mol. The van der Waals surface area contributed by atoms with Crippen LogP contribution < -0.4 is 0 Å². The Morgan fingerprint density at radius 2 is 2.00 bits per heavy atom. The van der Waals surface area contributed by atoms with Crippen molar-refractivity contribution in [3.8, 4) is 0 Å². The van der Waals surface area contributed by atoms with E-state index in [-0.39, 0.29) is 5.78 Å². The number of benzene rings is 1. The molecule has 12 heavy (non-hydrogen) atoms. The van der Waals surface area contributed by atoms with Gasteiger partial charge in [0.05, 0.1) is 0 Å². The van der Waals surface area contributed by atoms with Gasteiger partial charge in [0.1, 0.15) is 0 Å². The summed E-state index contributed by atoms with van der Waals surface area (Å²) in [6.07, 6.45) is 0. The summed E-state index contributed by atoms with van der Waals surface area (Å²) in [5.41, 5.74) is 1.41. The Bertz CT molecular complexity index is 328. The minimum Gasteiger partial charge on any atom is -0.295 e. The van der Waals surface area contributed by atoms with E-state index in [4.69, 9.17) is 0 Å². The molecular formula is C10H9BrO. The van der Waals surface area contributed by atoms with Crippen LogP contribution in [0.1, 0.15) is 12.5 Å². The lowest BCUT2D eigenvalue weighted by atomic mass is 10.1. The number of halogens is 1. The number of carbonyl (C=O) groups excluding carboxylic acids is 1. The molecule has 0 amide bonds. The molecule has 62 valence electrons. The fourth-order valence-corrected chi connectivity index (χ4v) is 1.42. The third-order valence-electron chi connectivity index (χ3n) is 1.62. The molecule has 2 heteroatoms. The minimum atomic E-state index is 0.00176. The predicted octanol–water partition coefficient (Wildman–Crippen LogP) is 3.05. The third kappa shape index (κ3) is 1.83. The molecule has 0 radical (unpaired) electrons. The molecular weight excluding hydrogens is 216 g/mol. The summed E-state index contributed by atoms with van der Waals surface area (Å²) >= 11 is 3.35. The van der Waals surface area contributed by atoms with E-state index in [9.17, 15) is 4.79 Å². The van der Waals surface area contributed by atoms with E-state index in [0.717, 1.165) is 10.0 Å². The fraction of sp³-hybridized carbons (Fsp3) is 0.100. The largest absolute Gasteiger partial charge is 0.295 e. The lowest BCUT2D eigenvalue weighted by molar-refractivity contribution is -0.111. The van der Waals surface area contributed by atoms with Crippen LogP contribution in [0.15, 0.2) is 35.3 Å². The molecule has 0 fully saturated rings. The van der Waals surface area contributed by atoms with Gasteiger partial charge in [-0.25, -0.2) is 0 Å². The standard InChI is InChI=1S/C10H9BrO/c1-7(8(2)12)9-5-3-4-6-10(9)11/h3-6H,1H2,2H3. The zero-order valence-corrected chi connectivity index (χ0v) is 8.39. The molecule has 0 aliphatic heterocycles. The van der Waals surface area contributed by atoms with Gasteiger partial charge >= 0.3 is 0 Å². The van der Waals surface area contributed by atoms with Gasteiger partial charge in [-0.15, -0.1) is 0 Å². The molecule has 0 heterocycles. The van der Waals surface area contributed by atoms with E-state index < -0.39 is 0 Å². The normalized spacial score (nSPS) is 9.50. The number of rotatable bonds is 2. The first kappa shape index (κ1) is 9.20. The first-order valence-electron chi connectivity index (χ1n) is 3.57. The number of ketones is 1.